The van der Waals surface area contributed by atoms with Crippen molar-refractivity contribution in [1.29, 1.82) is 0 Å². The van der Waals surface area contributed by atoms with Crippen LogP contribution in [0.4, 0.5) is 4.39 Å². The minimum atomic E-state index is -0.420. The molecule has 0 radical (unpaired) electrons. The Balaban J connectivity index is 2.20. The van der Waals surface area contributed by atoms with Crippen LogP contribution in [0.5, 0.6) is 5.75 Å². The molecule has 0 aliphatic heterocycles. The largest absolute Gasteiger partial charge is 0.494 e. The van der Waals surface area contributed by atoms with Gasteiger partial charge in [0.15, 0.2) is 0 Å². The highest BCUT2D eigenvalue weighted by molar-refractivity contribution is 5.81. The molecule has 0 unspecified atom stereocenters. The molecule has 0 aliphatic carbocycles. The zero-order valence-electron chi connectivity index (χ0n) is 12.3. The topological polar surface area (TPSA) is 55.8 Å². The van der Waals surface area contributed by atoms with Gasteiger partial charge in [0.1, 0.15) is 18.1 Å². The van der Waals surface area contributed by atoms with Gasteiger partial charge in [-0.2, -0.15) is 0 Å². The van der Waals surface area contributed by atoms with Crippen LogP contribution in [0.2, 0.25) is 0 Å². The van der Waals surface area contributed by atoms with Gasteiger partial charge in [-0.3, -0.25) is 9.59 Å². The number of hydrogen-bond donors (Lipinski definition) is 0. The predicted molar refractivity (Wildman–Crippen MR) is 75.4 cm³/mol. The molecule has 1 amide bonds. The van der Waals surface area contributed by atoms with E-state index in [4.69, 9.17) is 9.47 Å². The Hall–Kier alpha value is -2.11. The minimum Gasteiger partial charge on any atom is -0.494 e. The molecule has 116 valence electrons. The molecule has 21 heavy (non-hydrogen) atoms. The maximum absolute atomic E-state index is 12.7. The fourth-order valence-electron chi connectivity index (χ4n) is 1.62. The molecule has 0 spiro atoms. The summed E-state index contributed by atoms with van der Waals surface area (Å²) in [6.45, 7) is 2.31. The van der Waals surface area contributed by atoms with E-state index in [1.54, 1.807) is 14.0 Å². The summed E-state index contributed by atoms with van der Waals surface area (Å²) in [6.07, 6.45) is 0.792. The minimum absolute atomic E-state index is 0.0501. The monoisotopic (exact) mass is 297 g/mol. The van der Waals surface area contributed by atoms with Crippen molar-refractivity contribution in [2.45, 2.75) is 19.8 Å². The summed E-state index contributed by atoms with van der Waals surface area (Å²) < 4.78 is 22.8. The first-order valence-electron chi connectivity index (χ1n) is 6.81. The second kappa shape index (κ2) is 8.94. The molecule has 0 N–H and O–H groups in total. The quantitative estimate of drug-likeness (QED) is 0.544. The Bertz CT molecular complexity index is 461. The average molecular weight is 297 g/mol. The molecule has 1 aromatic rings. The van der Waals surface area contributed by atoms with Gasteiger partial charge in [0.25, 0.3) is 0 Å². The maximum Gasteiger partial charge on any atom is 0.325 e. The van der Waals surface area contributed by atoms with Crippen LogP contribution >= 0.6 is 0 Å². The van der Waals surface area contributed by atoms with Crippen molar-refractivity contribution in [3.05, 3.63) is 30.1 Å². The Morgan fingerprint density at radius 1 is 1.24 bits per heavy atom. The van der Waals surface area contributed by atoms with Crippen molar-refractivity contribution >= 4 is 11.9 Å². The molecule has 0 saturated carbocycles. The third kappa shape index (κ3) is 6.74. The van der Waals surface area contributed by atoms with E-state index in [-0.39, 0.29) is 24.7 Å². The van der Waals surface area contributed by atoms with Crippen molar-refractivity contribution in [3.63, 3.8) is 0 Å². The van der Waals surface area contributed by atoms with Gasteiger partial charge in [-0.25, -0.2) is 4.39 Å². The summed E-state index contributed by atoms with van der Waals surface area (Å²) in [4.78, 5) is 24.3. The van der Waals surface area contributed by atoms with Gasteiger partial charge in [0.05, 0.1) is 13.2 Å². The number of carbonyl (C=O) groups excluding carboxylic acids is 2. The van der Waals surface area contributed by atoms with E-state index in [9.17, 15) is 14.0 Å². The highest BCUT2D eigenvalue weighted by Gasteiger charge is 2.13. The number of amides is 1. The summed E-state index contributed by atoms with van der Waals surface area (Å²) in [6, 6.07) is 5.69. The standard InChI is InChI=1S/C15H20FNO4/c1-3-20-15(19)11-17(2)14(18)5-4-10-21-13-8-6-12(16)7-9-13/h6-9H,3-5,10-11H2,1-2H3. The normalized spacial score (nSPS) is 10.0. The van der Waals surface area contributed by atoms with Crippen LogP contribution in [-0.2, 0) is 14.3 Å². The number of rotatable bonds is 8. The highest BCUT2D eigenvalue weighted by Crippen LogP contribution is 2.11. The average Bonchev–Trinajstić information content (AvgIpc) is 2.45. The molecular weight excluding hydrogens is 277 g/mol. The van der Waals surface area contributed by atoms with Gasteiger partial charge in [-0.05, 0) is 37.6 Å². The molecule has 0 aromatic heterocycles. The van der Waals surface area contributed by atoms with E-state index in [1.807, 2.05) is 0 Å². The van der Waals surface area contributed by atoms with Crippen molar-refractivity contribution in [2.24, 2.45) is 0 Å². The summed E-state index contributed by atoms with van der Waals surface area (Å²) in [5.41, 5.74) is 0. The molecule has 5 nitrogen and oxygen atoms in total. The van der Waals surface area contributed by atoms with Crippen molar-refractivity contribution in [1.82, 2.24) is 4.90 Å². The number of carbonyl (C=O) groups is 2. The van der Waals surface area contributed by atoms with Gasteiger partial charge in [0, 0.05) is 13.5 Å². The van der Waals surface area contributed by atoms with Gasteiger partial charge in [-0.15, -0.1) is 0 Å². The first kappa shape index (κ1) is 16.9. The first-order chi connectivity index (χ1) is 10.0. The molecule has 0 bridgehead atoms. The van der Waals surface area contributed by atoms with Crippen LogP contribution in [0.1, 0.15) is 19.8 Å². The zero-order chi connectivity index (χ0) is 15.7. The lowest BCUT2D eigenvalue weighted by molar-refractivity contribution is -0.148. The van der Waals surface area contributed by atoms with E-state index in [2.05, 4.69) is 0 Å². The molecule has 1 rings (SSSR count). The number of likely N-dealkylation sites (N-methyl/N-ethyl adjacent to an activating group) is 1. The fraction of sp³-hybridized carbons (Fsp3) is 0.467. The van der Waals surface area contributed by atoms with Gasteiger partial charge in [0.2, 0.25) is 5.91 Å². The Labute approximate surface area is 123 Å². The van der Waals surface area contributed by atoms with Crippen LogP contribution in [0, 0.1) is 5.82 Å². The Morgan fingerprint density at radius 3 is 2.52 bits per heavy atom. The number of nitrogens with zero attached hydrogens (tertiary/aromatic N) is 1. The van der Waals surface area contributed by atoms with Crippen LogP contribution < -0.4 is 4.74 Å². The SMILES string of the molecule is CCOC(=O)CN(C)C(=O)CCCOc1ccc(F)cc1. The number of benzene rings is 1. The smallest absolute Gasteiger partial charge is 0.325 e. The molecule has 0 aliphatic rings. The van der Waals surface area contributed by atoms with E-state index >= 15 is 0 Å². The van der Waals surface area contributed by atoms with Gasteiger partial charge >= 0.3 is 5.97 Å². The van der Waals surface area contributed by atoms with Crippen molar-refractivity contribution in [3.8, 4) is 5.75 Å². The number of esters is 1. The summed E-state index contributed by atoms with van der Waals surface area (Å²) in [5.74, 6) is -0.330. The van der Waals surface area contributed by atoms with Crippen molar-refractivity contribution < 1.29 is 23.5 Å². The summed E-state index contributed by atoms with van der Waals surface area (Å²) >= 11 is 0. The van der Waals surface area contributed by atoms with E-state index in [0.29, 0.717) is 25.4 Å². The fourth-order valence-corrected chi connectivity index (χ4v) is 1.62. The van der Waals surface area contributed by atoms with E-state index in [0.717, 1.165) is 0 Å². The molecule has 0 atom stereocenters. The molecule has 0 heterocycles. The number of ether oxygens (including phenoxy) is 2. The number of halogens is 1. The molecule has 1 aromatic carbocycles. The second-order valence-electron chi connectivity index (χ2n) is 4.46. The third-order valence-electron chi connectivity index (χ3n) is 2.71. The third-order valence-corrected chi connectivity index (χ3v) is 2.71. The van der Waals surface area contributed by atoms with Crippen LogP contribution in [0.15, 0.2) is 24.3 Å². The lowest BCUT2D eigenvalue weighted by atomic mass is 10.3. The maximum atomic E-state index is 12.7. The molecule has 0 saturated heterocycles. The van der Waals surface area contributed by atoms with Crippen molar-refractivity contribution in [2.75, 3.05) is 26.8 Å². The molecular formula is C15H20FNO4. The molecule has 0 fully saturated rings. The lowest BCUT2D eigenvalue weighted by Gasteiger charge is -2.16. The predicted octanol–water partition coefficient (Wildman–Crippen LogP) is 2.01. The second-order valence-corrected chi connectivity index (χ2v) is 4.46. The summed E-state index contributed by atoms with van der Waals surface area (Å²) in [5, 5.41) is 0. The van der Waals surface area contributed by atoms with Crippen LogP contribution in [0.25, 0.3) is 0 Å². The van der Waals surface area contributed by atoms with E-state index in [1.165, 1.54) is 29.2 Å². The summed E-state index contributed by atoms with van der Waals surface area (Å²) in [7, 11) is 1.56. The van der Waals surface area contributed by atoms with E-state index < -0.39 is 5.97 Å². The lowest BCUT2D eigenvalue weighted by Crippen LogP contribution is -2.33. The number of hydrogen-bond acceptors (Lipinski definition) is 4. The van der Waals surface area contributed by atoms with Crippen LogP contribution in [-0.4, -0.2) is 43.6 Å². The molecule has 6 heteroatoms. The van der Waals surface area contributed by atoms with Crippen LogP contribution in [0.3, 0.4) is 0 Å². The first-order valence-corrected chi connectivity index (χ1v) is 6.81. The van der Waals surface area contributed by atoms with Gasteiger partial charge < -0.3 is 14.4 Å². The van der Waals surface area contributed by atoms with Gasteiger partial charge in [-0.1, -0.05) is 0 Å². The highest BCUT2D eigenvalue weighted by atomic mass is 19.1. The Kier molecular flexibility index (Phi) is 7.21. The Morgan fingerprint density at radius 2 is 1.90 bits per heavy atom. The zero-order valence-corrected chi connectivity index (χ0v) is 12.3.